The van der Waals surface area contributed by atoms with Crippen LogP contribution in [0.25, 0.3) is 5.70 Å². The molecule has 72 valence electrons. The van der Waals surface area contributed by atoms with Crippen LogP contribution in [0.1, 0.15) is 12.5 Å². The summed E-state index contributed by atoms with van der Waals surface area (Å²) in [5.74, 6) is 0.774. The van der Waals surface area contributed by atoms with Crippen LogP contribution in [0.15, 0.2) is 29.8 Å². The molecule has 0 fully saturated rings. The van der Waals surface area contributed by atoms with Crippen molar-refractivity contribution >= 4 is 5.70 Å². The maximum absolute atomic E-state index is 8.65. The third-order valence-electron chi connectivity index (χ3n) is 1.97. The van der Waals surface area contributed by atoms with E-state index in [9.17, 15) is 0 Å². The van der Waals surface area contributed by atoms with E-state index < -0.39 is 0 Å². The number of nitriles is 1. The first-order valence-electron chi connectivity index (χ1n) is 4.20. The summed E-state index contributed by atoms with van der Waals surface area (Å²) >= 11 is 0. The molecule has 0 radical (unpaired) electrons. The molecule has 0 aromatic heterocycles. The van der Waals surface area contributed by atoms with Gasteiger partial charge >= 0.3 is 0 Å². The zero-order chi connectivity index (χ0) is 10.6. The van der Waals surface area contributed by atoms with Crippen LogP contribution in [-0.2, 0) is 0 Å². The Hall–Kier alpha value is -1.95. The summed E-state index contributed by atoms with van der Waals surface area (Å²) in [5, 5.41) is 8.65. The van der Waals surface area contributed by atoms with E-state index in [0.717, 1.165) is 11.3 Å². The van der Waals surface area contributed by atoms with Crippen molar-refractivity contribution in [2.24, 2.45) is 5.73 Å². The molecule has 2 N–H and O–H groups in total. The van der Waals surface area contributed by atoms with Crippen molar-refractivity contribution in [2.75, 3.05) is 7.11 Å². The van der Waals surface area contributed by atoms with Gasteiger partial charge in [-0.3, -0.25) is 0 Å². The van der Waals surface area contributed by atoms with E-state index in [0.29, 0.717) is 11.3 Å². The van der Waals surface area contributed by atoms with Crippen LogP contribution in [-0.4, -0.2) is 7.11 Å². The maximum Gasteiger partial charge on any atom is 0.118 e. The van der Waals surface area contributed by atoms with E-state index in [1.165, 1.54) is 0 Å². The highest BCUT2D eigenvalue weighted by molar-refractivity contribution is 5.68. The SMILES string of the molecule is COc1ccc(C(N)=C(C)C#N)cc1. The van der Waals surface area contributed by atoms with Crippen LogP contribution in [0, 0.1) is 11.3 Å². The van der Waals surface area contributed by atoms with Gasteiger partial charge in [0.2, 0.25) is 0 Å². The topological polar surface area (TPSA) is 59.0 Å². The summed E-state index contributed by atoms with van der Waals surface area (Å²) in [7, 11) is 1.61. The number of hydrogen-bond donors (Lipinski definition) is 1. The van der Waals surface area contributed by atoms with E-state index in [4.69, 9.17) is 15.7 Å². The first-order chi connectivity index (χ1) is 6.69. The van der Waals surface area contributed by atoms with Gasteiger partial charge in [-0.05, 0) is 36.8 Å². The number of benzene rings is 1. The van der Waals surface area contributed by atoms with Gasteiger partial charge in [-0.1, -0.05) is 0 Å². The minimum absolute atomic E-state index is 0.509. The Kier molecular flexibility index (Phi) is 3.14. The maximum atomic E-state index is 8.65. The number of hydrogen-bond acceptors (Lipinski definition) is 3. The van der Waals surface area contributed by atoms with Crippen molar-refractivity contribution in [2.45, 2.75) is 6.92 Å². The summed E-state index contributed by atoms with van der Waals surface area (Å²) in [5.41, 5.74) is 7.63. The predicted molar refractivity (Wildman–Crippen MR) is 55.4 cm³/mol. The molecule has 14 heavy (non-hydrogen) atoms. The molecule has 1 aromatic carbocycles. The van der Waals surface area contributed by atoms with Gasteiger partial charge in [0.25, 0.3) is 0 Å². The predicted octanol–water partition coefficient (Wildman–Crippen LogP) is 1.91. The minimum atomic E-state index is 0.509. The third-order valence-corrected chi connectivity index (χ3v) is 1.97. The molecule has 0 saturated heterocycles. The lowest BCUT2D eigenvalue weighted by Crippen LogP contribution is -1.98. The summed E-state index contributed by atoms with van der Waals surface area (Å²) in [4.78, 5) is 0. The van der Waals surface area contributed by atoms with Gasteiger partial charge in [0.15, 0.2) is 0 Å². The van der Waals surface area contributed by atoms with Gasteiger partial charge in [-0.15, -0.1) is 0 Å². The normalized spacial score (nSPS) is 11.5. The minimum Gasteiger partial charge on any atom is -0.497 e. The summed E-state index contributed by atoms with van der Waals surface area (Å²) in [6, 6.07) is 9.30. The molecule has 0 aliphatic carbocycles. The Labute approximate surface area is 83.4 Å². The largest absolute Gasteiger partial charge is 0.497 e. The molecule has 0 atom stereocenters. The number of nitrogens with zero attached hydrogens (tertiary/aromatic N) is 1. The number of methoxy groups -OCH3 is 1. The Morgan fingerprint density at radius 2 is 1.93 bits per heavy atom. The second-order valence-electron chi connectivity index (χ2n) is 2.88. The Bertz CT molecular complexity index is 385. The second-order valence-corrected chi connectivity index (χ2v) is 2.88. The Morgan fingerprint density at radius 3 is 2.36 bits per heavy atom. The number of ether oxygens (including phenoxy) is 1. The quantitative estimate of drug-likeness (QED) is 0.721. The fourth-order valence-corrected chi connectivity index (χ4v) is 1.05. The molecule has 1 aromatic rings. The lowest BCUT2D eigenvalue weighted by molar-refractivity contribution is 0.415. The molecule has 0 aliphatic rings. The van der Waals surface area contributed by atoms with Gasteiger partial charge in [-0.25, -0.2) is 0 Å². The van der Waals surface area contributed by atoms with E-state index >= 15 is 0 Å². The molecule has 0 heterocycles. The molecular weight excluding hydrogens is 176 g/mol. The van der Waals surface area contributed by atoms with Crippen molar-refractivity contribution in [3.63, 3.8) is 0 Å². The Morgan fingerprint density at radius 1 is 1.36 bits per heavy atom. The average Bonchev–Trinajstić information content (AvgIpc) is 2.27. The molecule has 3 nitrogen and oxygen atoms in total. The van der Waals surface area contributed by atoms with Gasteiger partial charge < -0.3 is 10.5 Å². The van der Waals surface area contributed by atoms with E-state index in [1.807, 2.05) is 30.3 Å². The lowest BCUT2D eigenvalue weighted by atomic mass is 10.1. The average molecular weight is 188 g/mol. The molecule has 0 spiro atoms. The second kappa shape index (κ2) is 4.33. The molecule has 0 saturated carbocycles. The fourth-order valence-electron chi connectivity index (χ4n) is 1.05. The van der Waals surface area contributed by atoms with Gasteiger partial charge in [0, 0.05) is 5.57 Å². The van der Waals surface area contributed by atoms with Crippen LogP contribution in [0.2, 0.25) is 0 Å². The number of allylic oxidation sites excluding steroid dienone is 1. The molecule has 3 heteroatoms. The first-order valence-corrected chi connectivity index (χ1v) is 4.20. The monoisotopic (exact) mass is 188 g/mol. The smallest absolute Gasteiger partial charge is 0.118 e. The summed E-state index contributed by atoms with van der Waals surface area (Å²) in [6.45, 7) is 1.69. The van der Waals surface area contributed by atoms with Crippen molar-refractivity contribution in [1.29, 1.82) is 5.26 Å². The van der Waals surface area contributed by atoms with Gasteiger partial charge in [0.1, 0.15) is 5.75 Å². The van der Waals surface area contributed by atoms with Gasteiger partial charge in [0.05, 0.1) is 18.9 Å². The molecule has 0 amide bonds. The van der Waals surface area contributed by atoms with Crippen LogP contribution in [0.4, 0.5) is 0 Å². The van der Waals surface area contributed by atoms with E-state index in [1.54, 1.807) is 14.0 Å². The van der Waals surface area contributed by atoms with Crippen molar-refractivity contribution < 1.29 is 4.74 Å². The summed E-state index contributed by atoms with van der Waals surface area (Å²) in [6.07, 6.45) is 0. The number of nitrogens with two attached hydrogens (primary N) is 1. The third kappa shape index (κ3) is 2.05. The highest BCUT2D eigenvalue weighted by atomic mass is 16.5. The number of rotatable bonds is 2. The van der Waals surface area contributed by atoms with E-state index in [-0.39, 0.29) is 0 Å². The standard InChI is InChI=1S/C11H12N2O/c1-8(7-12)11(13)9-3-5-10(14-2)6-4-9/h3-6H,13H2,1-2H3. The fraction of sp³-hybridized carbons (Fsp3) is 0.182. The van der Waals surface area contributed by atoms with Crippen molar-refractivity contribution in [1.82, 2.24) is 0 Å². The van der Waals surface area contributed by atoms with Crippen LogP contribution in [0.5, 0.6) is 5.75 Å². The Balaban J connectivity index is 3.05. The molecule has 0 unspecified atom stereocenters. The zero-order valence-corrected chi connectivity index (χ0v) is 8.24. The van der Waals surface area contributed by atoms with Crippen molar-refractivity contribution in [3.05, 3.63) is 35.4 Å². The molecule has 0 bridgehead atoms. The van der Waals surface area contributed by atoms with Crippen LogP contribution in [0.3, 0.4) is 0 Å². The van der Waals surface area contributed by atoms with Crippen LogP contribution < -0.4 is 10.5 Å². The zero-order valence-electron chi connectivity index (χ0n) is 8.24. The molecular formula is C11H12N2O. The lowest BCUT2D eigenvalue weighted by Gasteiger charge is -2.04. The van der Waals surface area contributed by atoms with Crippen molar-refractivity contribution in [3.8, 4) is 11.8 Å². The first kappa shape index (κ1) is 10.1. The summed E-state index contributed by atoms with van der Waals surface area (Å²) < 4.78 is 5.01. The van der Waals surface area contributed by atoms with Crippen LogP contribution >= 0.6 is 0 Å². The van der Waals surface area contributed by atoms with Gasteiger partial charge in [-0.2, -0.15) is 5.26 Å². The molecule has 0 aliphatic heterocycles. The van der Waals surface area contributed by atoms with E-state index in [2.05, 4.69) is 0 Å². The molecule has 1 rings (SSSR count). The highest BCUT2D eigenvalue weighted by Gasteiger charge is 2.00. The highest BCUT2D eigenvalue weighted by Crippen LogP contribution is 2.17.